The second-order valence-electron chi connectivity index (χ2n) is 3.89. The first-order valence-corrected chi connectivity index (χ1v) is 5.84. The lowest BCUT2D eigenvalue weighted by molar-refractivity contribution is -0.384. The van der Waals surface area contributed by atoms with E-state index in [4.69, 9.17) is 19.7 Å². The molecule has 1 atom stereocenters. The van der Waals surface area contributed by atoms with Gasteiger partial charge in [-0.2, -0.15) is 0 Å². The van der Waals surface area contributed by atoms with Gasteiger partial charge in [0.25, 0.3) is 5.69 Å². The maximum absolute atomic E-state index is 11.4. The van der Waals surface area contributed by atoms with Crippen molar-refractivity contribution in [3.63, 3.8) is 0 Å². The minimum absolute atomic E-state index is 0.0326. The van der Waals surface area contributed by atoms with E-state index in [-0.39, 0.29) is 31.1 Å². The number of hydrogen-bond acceptors (Lipinski definition) is 7. The molecule has 1 rings (SSSR count). The van der Waals surface area contributed by atoms with Crippen LogP contribution in [-0.4, -0.2) is 47.0 Å². The largest absolute Gasteiger partial charge is 0.426 e. The number of aliphatic hydroxyl groups excluding tert-OH is 2. The Bertz CT molecular complexity index is 446. The van der Waals surface area contributed by atoms with Gasteiger partial charge in [0.15, 0.2) is 0 Å². The molecule has 8 nitrogen and oxygen atoms in total. The molecule has 110 valence electrons. The Hall–Kier alpha value is -2.03. The number of esters is 1. The fourth-order valence-electron chi connectivity index (χ4n) is 1.25. The molecule has 0 radical (unpaired) electrons. The summed E-state index contributed by atoms with van der Waals surface area (Å²) in [5, 5.41) is 27.9. The fourth-order valence-corrected chi connectivity index (χ4v) is 1.25. The number of ether oxygens (including phenoxy) is 2. The van der Waals surface area contributed by atoms with Crippen LogP contribution in [0.3, 0.4) is 0 Å². The number of rotatable bonds is 8. The van der Waals surface area contributed by atoms with E-state index in [1.54, 1.807) is 0 Å². The van der Waals surface area contributed by atoms with Gasteiger partial charge in [-0.05, 0) is 12.1 Å². The number of non-ortho nitro benzene ring substituents is 1. The topological polar surface area (TPSA) is 119 Å². The standard InChI is InChI=1S/C12H15NO7/c14-7-10(15)8-19-6-5-12(16)20-11-3-1-9(2-4-11)13(17)18/h1-4,10,14-15H,5-8H2/t10-/m1/s1. The van der Waals surface area contributed by atoms with Crippen LogP contribution in [0.2, 0.25) is 0 Å². The van der Waals surface area contributed by atoms with Crippen LogP contribution < -0.4 is 4.74 Å². The molecule has 0 amide bonds. The molecule has 0 spiro atoms. The van der Waals surface area contributed by atoms with Crippen LogP contribution in [0.4, 0.5) is 5.69 Å². The monoisotopic (exact) mass is 285 g/mol. The highest BCUT2D eigenvalue weighted by molar-refractivity contribution is 5.72. The zero-order valence-corrected chi connectivity index (χ0v) is 10.6. The van der Waals surface area contributed by atoms with E-state index in [1.807, 2.05) is 0 Å². The first-order chi connectivity index (χ1) is 9.52. The molecule has 0 aliphatic rings. The van der Waals surface area contributed by atoms with E-state index in [2.05, 4.69) is 0 Å². The zero-order valence-electron chi connectivity index (χ0n) is 10.6. The molecule has 1 aromatic carbocycles. The average Bonchev–Trinajstić information content (AvgIpc) is 2.43. The molecule has 1 aromatic rings. The maximum atomic E-state index is 11.4. The van der Waals surface area contributed by atoms with Crippen molar-refractivity contribution in [3.05, 3.63) is 34.4 Å². The third-order valence-electron chi connectivity index (χ3n) is 2.25. The molecule has 0 saturated heterocycles. The number of carbonyl (C=O) groups excluding carboxylic acids is 1. The molecule has 0 heterocycles. The predicted molar refractivity (Wildman–Crippen MR) is 67.3 cm³/mol. The van der Waals surface area contributed by atoms with Crippen molar-refractivity contribution in [2.45, 2.75) is 12.5 Å². The van der Waals surface area contributed by atoms with Crippen molar-refractivity contribution in [1.29, 1.82) is 0 Å². The number of nitro benzene ring substituents is 1. The van der Waals surface area contributed by atoms with Gasteiger partial charge in [-0.3, -0.25) is 14.9 Å². The van der Waals surface area contributed by atoms with Crippen LogP contribution in [0.1, 0.15) is 6.42 Å². The van der Waals surface area contributed by atoms with Gasteiger partial charge < -0.3 is 19.7 Å². The van der Waals surface area contributed by atoms with E-state index in [0.29, 0.717) is 0 Å². The maximum Gasteiger partial charge on any atom is 0.313 e. The fraction of sp³-hybridized carbons (Fsp3) is 0.417. The van der Waals surface area contributed by atoms with Crippen molar-refractivity contribution in [2.75, 3.05) is 19.8 Å². The molecule has 0 unspecified atom stereocenters. The second-order valence-corrected chi connectivity index (χ2v) is 3.89. The summed E-state index contributed by atoms with van der Waals surface area (Å²) in [5.41, 5.74) is -0.0916. The lowest BCUT2D eigenvalue weighted by Crippen LogP contribution is -2.21. The number of nitro groups is 1. The molecule has 0 fully saturated rings. The van der Waals surface area contributed by atoms with Crippen LogP contribution in [0.25, 0.3) is 0 Å². The molecule has 0 aliphatic heterocycles. The Kier molecular flexibility index (Phi) is 6.57. The van der Waals surface area contributed by atoms with E-state index in [0.717, 1.165) is 0 Å². The highest BCUT2D eigenvalue weighted by Crippen LogP contribution is 2.17. The molecule has 0 aliphatic carbocycles. The lowest BCUT2D eigenvalue weighted by Gasteiger charge is -2.08. The first kappa shape index (κ1) is 16.0. The average molecular weight is 285 g/mol. The van der Waals surface area contributed by atoms with Gasteiger partial charge >= 0.3 is 5.97 Å². The number of carbonyl (C=O) groups is 1. The second kappa shape index (κ2) is 8.20. The number of hydrogen-bond donors (Lipinski definition) is 2. The molecular formula is C12H15NO7. The summed E-state index contributed by atoms with van der Waals surface area (Å²) < 4.78 is 9.87. The zero-order chi connectivity index (χ0) is 15.0. The quantitative estimate of drug-likeness (QED) is 0.231. The van der Waals surface area contributed by atoms with Crippen LogP contribution in [0, 0.1) is 10.1 Å². The summed E-state index contributed by atoms with van der Waals surface area (Å²) in [6, 6.07) is 5.12. The summed E-state index contributed by atoms with van der Waals surface area (Å²) in [7, 11) is 0. The molecule has 20 heavy (non-hydrogen) atoms. The van der Waals surface area contributed by atoms with E-state index in [1.165, 1.54) is 24.3 Å². The predicted octanol–water partition coefficient (Wildman–Crippen LogP) is 0.260. The highest BCUT2D eigenvalue weighted by atomic mass is 16.6. The van der Waals surface area contributed by atoms with Crippen LogP contribution in [0.15, 0.2) is 24.3 Å². The first-order valence-electron chi connectivity index (χ1n) is 5.84. The van der Waals surface area contributed by atoms with Crippen LogP contribution in [-0.2, 0) is 9.53 Å². The van der Waals surface area contributed by atoms with E-state index >= 15 is 0 Å². The van der Waals surface area contributed by atoms with Crippen molar-refractivity contribution in [2.24, 2.45) is 0 Å². The Balaban J connectivity index is 2.30. The SMILES string of the molecule is O=C(CCOC[C@H](O)CO)Oc1ccc([N+](=O)[O-])cc1. The van der Waals surface area contributed by atoms with Gasteiger partial charge in [0.05, 0.1) is 31.2 Å². The van der Waals surface area contributed by atoms with Gasteiger partial charge in [-0.25, -0.2) is 0 Å². The Morgan fingerprint density at radius 3 is 2.55 bits per heavy atom. The van der Waals surface area contributed by atoms with Gasteiger partial charge in [0, 0.05) is 12.1 Å². The molecule has 2 N–H and O–H groups in total. The third kappa shape index (κ3) is 5.74. The van der Waals surface area contributed by atoms with Crippen molar-refractivity contribution >= 4 is 11.7 Å². The Morgan fingerprint density at radius 1 is 1.35 bits per heavy atom. The third-order valence-corrected chi connectivity index (χ3v) is 2.25. The van der Waals surface area contributed by atoms with Gasteiger partial charge in [-0.15, -0.1) is 0 Å². The van der Waals surface area contributed by atoms with E-state index < -0.39 is 23.6 Å². The molecule has 0 saturated carbocycles. The molecular weight excluding hydrogens is 270 g/mol. The molecule has 0 aromatic heterocycles. The van der Waals surface area contributed by atoms with Crippen molar-refractivity contribution in [3.8, 4) is 5.75 Å². The minimum atomic E-state index is -0.972. The summed E-state index contributed by atoms with van der Waals surface area (Å²) >= 11 is 0. The Morgan fingerprint density at radius 2 is 2.00 bits per heavy atom. The normalized spacial score (nSPS) is 11.9. The van der Waals surface area contributed by atoms with E-state index in [9.17, 15) is 14.9 Å². The van der Waals surface area contributed by atoms with Gasteiger partial charge in [0.1, 0.15) is 11.9 Å². The van der Waals surface area contributed by atoms with Crippen molar-refractivity contribution in [1.82, 2.24) is 0 Å². The van der Waals surface area contributed by atoms with Crippen LogP contribution >= 0.6 is 0 Å². The van der Waals surface area contributed by atoms with Gasteiger partial charge in [-0.1, -0.05) is 0 Å². The summed E-state index contributed by atoms with van der Waals surface area (Å²) in [5.74, 6) is -0.353. The summed E-state index contributed by atoms with van der Waals surface area (Å²) in [6.07, 6.45) is -1.00. The van der Waals surface area contributed by atoms with Gasteiger partial charge in [0.2, 0.25) is 0 Å². The summed E-state index contributed by atoms with van der Waals surface area (Å²) in [6.45, 7) is -0.433. The summed E-state index contributed by atoms with van der Waals surface area (Å²) in [4.78, 5) is 21.3. The number of nitrogens with zero attached hydrogens (tertiary/aromatic N) is 1. The smallest absolute Gasteiger partial charge is 0.313 e. The Labute approximate surface area is 114 Å². The number of benzene rings is 1. The minimum Gasteiger partial charge on any atom is -0.426 e. The number of aliphatic hydroxyl groups is 2. The van der Waals surface area contributed by atoms with Crippen molar-refractivity contribution < 1.29 is 29.4 Å². The lowest BCUT2D eigenvalue weighted by atomic mass is 10.3. The molecule has 0 bridgehead atoms. The highest BCUT2D eigenvalue weighted by Gasteiger charge is 2.09. The molecule has 8 heteroatoms. The van der Waals surface area contributed by atoms with Crippen LogP contribution in [0.5, 0.6) is 5.75 Å².